The van der Waals surface area contributed by atoms with Crippen LogP contribution >= 0.6 is 0 Å². The van der Waals surface area contributed by atoms with Crippen LogP contribution in [-0.2, 0) is 19.5 Å². The molecule has 1 aliphatic heterocycles. The minimum absolute atomic E-state index is 0.738. The molecule has 1 aromatic carbocycles. The lowest BCUT2D eigenvalue weighted by Crippen LogP contribution is -2.30. The summed E-state index contributed by atoms with van der Waals surface area (Å²) in [5, 5.41) is 3.26. The van der Waals surface area contributed by atoms with Crippen LogP contribution in [0.1, 0.15) is 23.7 Å². The highest BCUT2D eigenvalue weighted by atomic mass is 16.4. The molecular weight excluding hydrogens is 238 g/mol. The number of nitrogens with zero attached hydrogens (tertiary/aromatic N) is 2. The highest BCUT2D eigenvalue weighted by molar-refractivity contribution is 5.38. The molecule has 1 N–H and O–H groups in total. The minimum atomic E-state index is 0.738. The van der Waals surface area contributed by atoms with E-state index < -0.39 is 0 Å². The van der Waals surface area contributed by atoms with Gasteiger partial charge in [0.05, 0.1) is 5.69 Å². The molecule has 0 saturated heterocycles. The number of rotatable bonds is 4. The molecule has 0 saturated carbocycles. The van der Waals surface area contributed by atoms with E-state index in [-0.39, 0.29) is 0 Å². The molecule has 1 aromatic heterocycles. The van der Waals surface area contributed by atoms with Crippen molar-refractivity contribution in [2.75, 3.05) is 18.0 Å². The van der Waals surface area contributed by atoms with Gasteiger partial charge < -0.3 is 14.6 Å². The third kappa shape index (κ3) is 2.63. The number of nitrogens with one attached hydrogen (secondary N) is 1. The molecule has 0 aliphatic carbocycles. The summed E-state index contributed by atoms with van der Waals surface area (Å²) in [6, 6.07) is 9.33. The van der Waals surface area contributed by atoms with E-state index in [0.29, 0.717) is 0 Å². The zero-order valence-corrected chi connectivity index (χ0v) is 11.2. The van der Waals surface area contributed by atoms with Crippen molar-refractivity contribution in [3.05, 3.63) is 47.3 Å². The molecule has 1 aliphatic rings. The van der Waals surface area contributed by atoms with Crippen LogP contribution in [0.3, 0.4) is 0 Å². The standard InChI is InChI=1S/C15H19N3O/c1-2-16-9-14-11-19-15(17-14)18-8-7-12-5-3-4-6-13(12)10-18/h3-6,11,16H,2,7-10H2,1H3. The first-order valence-electron chi connectivity index (χ1n) is 6.83. The van der Waals surface area contributed by atoms with Gasteiger partial charge in [0.2, 0.25) is 0 Å². The Labute approximate surface area is 113 Å². The van der Waals surface area contributed by atoms with Crippen molar-refractivity contribution >= 4 is 6.01 Å². The van der Waals surface area contributed by atoms with Crippen molar-refractivity contribution in [3.8, 4) is 0 Å². The van der Waals surface area contributed by atoms with Gasteiger partial charge in [0.25, 0.3) is 6.01 Å². The van der Waals surface area contributed by atoms with Gasteiger partial charge in [-0.25, -0.2) is 0 Å². The Morgan fingerprint density at radius 2 is 2.16 bits per heavy atom. The van der Waals surface area contributed by atoms with Crippen molar-refractivity contribution in [1.29, 1.82) is 0 Å². The summed E-state index contributed by atoms with van der Waals surface area (Å²) in [7, 11) is 0. The Balaban J connectivity index is 1.72. The molecule has 2 aromatic rings. The Morgan fingerprint density at radius 1 is 1.32 bits per heavy atom. The fourth-order valence-corrected chi connectivity index (χ4v) is 2.43. The minimum Gasteiger partial charge on any atom is -0.432 e. The van der Waals surface area contributed by atoms with Crippen LogP contribution in [0.15, 0.2) is 34.9 Å². The largest absolute Gasteiger partial charge is 0.432 e. The van der Waals surface area contributed by atoms with Crippen LogP contribution in [-0.4, -0.2) is 18.1 Å². The van der Waals surface area contributed by atoms with E-state index in [1.165, 1.54) is 11.1 Å². The van der Waals surface area contributed by atoms with Gasteiger partial charge in [0.15, 0.2) is 0 Å². The number of aromatic nitrogens is 1. The fraction of sp³-hybridized carbons (Fsp3) is 0.400. The molecule has 0 unspecified atom stereocenters. The van der Waals surface area contributed by atoms with Gasteiger partial charge in [0, 0.05) is 19.6 Å². The van der Waals surface area contributed by atoms with Crippen molar-refractivity contribution in [3.63, 3.8) is 0 Å². The second kappa shape index (κ2) is 5.45. The normalized spacial score (nSPS) is 14.5. The van der Waals surface area contributed by atoms with Crippen LogP contribution in [0.2, 0.25) is 0 Å². The summed E-state index contributed by atoms with van der Waals surface area (Å²) >= 11 is 0. The van der Waals surface area contributed by atoms with Crippen LogP contribution in [0, 0.1) is 0 Å². The Morgan fingerprint density at radius 3 is 3.00 bits per heavy atom. The summed E-state index contributed by atoms with van der Waals surface area (Å²) in [6.45, 7) is 5.65. The van der Waals surface area contributed by atoms with Gasteiger partial charge in [-0.05, 0) is 24.1 Å². The zero-order valence-electron chi connectivity index (χ0n) is 11.2. The molecule has 4 nitrogen and oxygen atoms in total. The Hall–Kier alpha value is -1.81. The Bertz CT molecular complexity index is 550. The van der Waals surface area contributed by atoms with E-state index in [1.54, 1.807) is 6.26 Å². The number of hydrogen-bond acceptors (Lipinski definition) is 4. The van der Waals surface area contributed by atoms with Crippen molar-refractivity contribution < 1.29 is 4.42 Å². The number of benzene rings is 1. The lowest BCUT2D eigenvalue weighted by atomic mass is 10.0. The second-order valence-electron chi connectivity index (χ2n) is 4.84. The van der Waals surface area contributed by atoms with E-state index in [4.69, 9.17) is 4.42 Å². The molecule has 0 atom stereocenters. The average Bonchev–Trinajstić information content (AvgIpc) is 2.93. The molecule has 0 radical (unpaired) electrons. The molecule has 0 bridgehead atoms. The van der Waals surface area contributed by atoms with Gasteiger partial charge in [0.1, 0.15) is 6.26 Å². The number of hydrogen-bond donors (Lipinski definition) is 1. The first-order valence-corrected chi connectivity index (χ1v) is 6.83. The fourth-order valence-electron chi connectivity index (χ4n) is 2.43. The number of oxazole rings is 1. The summed E-state index contributed by atoms with van der Waals surface area (Å²) < 4.78 is 5.59. The predicted molar refractivity (Wildman–Crippen MR) is 75.1 cm³/mol. The molecular formula is C15H19N3O. The highest BCUT2D eigenvalue weighted by Gasteiger charge is 2.19. The SMILES string of the molecule is CCNCc1coc(N2CCc3ccccc3C2)n1. The number of anilines is 1. The molecule has 4 heteroatoms. The maximum Gasteiger partial charge on any atom is 0.297 e. The predicted octanol–water partition coefficient (Wildman–Crippen LogP) is 2.35. The lowest BCUT2D eigenvalue weighted by molar-refractivity contribution is 0.523. The van der Waals surface area contributed by atoms with E-state index in [9.17, 15) is 0 Å². The lowest BCUT2D eigenvalue weighted by Gasteiger charge is -2.27. The van der Waals surface area contributed by atoms with E-state index >= 15 is 0 Å². The third-order valence-electron chi connectivity index (χ3n) is 3.50. The quantitative estimate of drug-likeness (QED) is 0.913. The van der Waals surface area contributed by atoms with Gasteiger partial charge in [-0.3, -0.25) is 0 Å². The summed E-state index contributed by atoms with van der Waals surface area (Å²) in [4.78, 5) is 6.75. The van der Waals surface area contributed by atoms with Crippen molar-refractivity contribution in [2.24, 2.45) is 0 Å². The molecule has 2 heterocycles. The van der Waals surface area contributed by atoms with Gasteiger partial charge >= 0.3 is 0 Å². The molecule has 0 spiro atoms. The van der Waals surface area contributed by atoms with Gasteiger partial charge in [-0.2, -0.15) is 4.98 Å². The summed E-state index contributed by atoms with van der Waals surface area (Å²) in [5.74, 6) is 0. The monoisotopic (exact) mass is 257 g/mol. The average molecular weight is 257 g/mol. The van der Waals surface area contributed by atoms with E-state index in [1.807, 2.05) is 0 Å². The van der Waals surface area contributed by atoms with Crippen LogP contribution in [0.25, 0.3) is 0 Å². The second-order valence-corrected chi connectivity index (χ2v) is 4.84. The van der Waals surface area contributed by atoms with Crippen LogP contribution < -0.4 is 10.2 Å². The first-order chi connectivity index (χ1) is 9.36. The molecule has 0 amide bonds. The number of fused-ring (bicyclic) bond motifs is 1. The van der Waals surface area contributed by atoms with E-state index in [0.717, 1.165) is 44.3 Å². The molecule has 0 fully saturated rings. The smallest absolute Gasteiger partial charge is 0.297 e. The topological polar surface area (TPSA) is 41.3 Å². The maximum atomic E-state index is 5.59. The summed E-state index contributed by atoms with van der Waals surface area (Å²) in [5.41, 5.74) is 3.79. The van der Waals surface area contributed by atoms with Crippen LogP contribution in [0.4, 0.5) is 6.01 Å². The summed E-state index contributed by atoms with van der Waals surface area (Å²) in [6.07, 6.45) is 2.81. The van der Waals surface area contributed by atoms with Crippen molar-refractivity contribution in [2.45, 2.75) is 26.4 Å². The maximum absolute atomic E-state index is 5.59. The van der Waals surface area contributed by atoms with E-state index in [2.05, 4.69) is 46.4 Å². The highest BCUT2D eigenvalue weighted by Crippen LogP contribution is 2.23. The Kier molecular flexibility index (Phi) is 3.51. The molecule has 3 rings (SSSR count). The van der Waals surface area contributed by atoms with Crippen molar-refractivity contribution in [1.82, 2.24) is 10.3 Å². The van der Waals surface area contributed by atoms with Gasteiger partial charge in [-0.15, -0.1) is 0 Å². The van der Waals surface area contributed by atoms with Crippen LogP contribution in [0.5, 0.6) is 0 Å². The van der Waals surface area contributed by atoms with Gasteiger partial charge in [-0.1, -0.05) is 31.2 Å². The third-order valence-corrected chi connectivity index (χ3v) is 3.50. The molecule has 19 heavy (non-hydrogen) atoms. The first kappa shape index (κ1) is 12.2. The molecule has 100 valence electrons. The zero-order chi connectivity index (χ0) is 13.1.